The van der Waals surface area contributed by atoms with Gasteiger partial charge in [-0.05, 0) is 37.0 Å². The first-order valence-corrected chi connectivity index (χ1v) is 9.61. The van der Waals surface area contributed by atoms with Crippen molar-refractivity contribution in [3.8, 4) is 5.75 Å². The summed E-state index contributed by atoms with van der Waals surface area (Å²) in [5.74, 6) is 1.26. The van der Waals surface area contributed by atoms with Crippen LogP contribution in [0.1, 0.15) is 38.7 Å². The van der Waals surface area contributed by atoms with Crippen LogP contribution in [-0.2, 0) is 9.84 Å². The first-order valence-electron chi connectivity index (χ1n) is 7.79. The third-order valence-corrected chi connectivity index (χ3v) is 5.53. The number of rotatable bonds is 5. The third kappa shape index (κ3) is 5.42. The number of benzene rings is 1. The van der Waals surface area contributed by atoms with Crippen LogP contribution in [0.3, 0.4) is 0 Å². The van der Waals surface area contributed by atoms with E-state index in [1.54, 1.807) is 6.92 Å². The molecule has 23 heavy (non-hydrogen) atoms. The minimum absolute atomic E-state index is 0.00627. The minimum Gasteiger partial charge on any atom is -0.471 e. The Labute approximate surface area is 137 Å². The molecule has 0 aliphatic carbocycles. The van der Waals surface area contributed by atoms with Crippen LogP contribution in [0.4, 0.5) is 4.79 Å². The van der Waals surface area contributed by atoms with E-state index in [0.29, 0.717) is 18.1 Å². The lowest BCUT2D eigenvalue weighted by Crippen LogP contribution is -2.47. The Morgan fingerprint density at radius 3 is 2.39 bits per heavy atom. The Bertz CT molecular complexity index is 641. The number of urea groups is 1. The molecule has 2 amide bonds. The molecule has 2 atom stereocenters. The van der Waals surface area contributed by atoms with E-state index < -0.39 is 22.1 Å². The van der Waals surface area contributed by atoms with Gasteiger partial charge < -0.3 is 15.4 Å². The molecule has 7 heteroatoms. The van der Waals surface area contributed by atoms with Gasteiger partial charge >= 0.3 is 6.03 Å². The first kappa shape index (κ1) is 17.6. The highest BCUT2D eigenvalue weighted by Gasteiger charge is 2.29. The molecule has 0 aromatic heterocycles. The quantitative estimate of drug-likeness (QED) is 0.803. The van der Waals surface area contributed by atoms with Crippen molar-refractivity contribution >= 4 is 15.9 Å². The summed E-state index contributed by atoms with van der Waals surface area (Å²) in [6.45, 7) is 5.96. The summed E-state index contributed by atoms with van der Waals surface area (Å²) in [4.78, 5) is 11.9. The van der Waals surface area contributed by atoms with Gasteiger partial charge in [-0.1, -0.05) is 26.0 Å². The van der Waals surface area contributed by atoms with E-state index in [4.69, 9.17) is 4.74 Å². The standard InChI is InChI=1S/C16H24N2O4S/c1-11(2)13-4-6-15(7-5-13)22-12(3)17-16(19)18-14-8-9-23(20,21)10-14/h4-7,11-12,14H,8-10H2,1-3H3,(H2,17,18,19). The zero-order chi connectivity index (χ0) is 17.0. The maximum Gasteiger partial charge on any atom is 0.317 e. The maximum atomic E-state index is 11.9. The van der Waals surface area contributed by atoms with Gasteiger partial charge in [0.05, 0.1) is 11.5 Å². The van der Waals surface area contributed by atoms with Gasteiger partial charge in [0.25, 0.3) is 0 Å². The van der Waals surface area contributed by atoms with Gasteiger partial charge in [0.1, 0.15) is 5.75 Å². The van der Waals surface area contributed by atoms with E-state index in [9.17, 15) is 13.2 Å². The van der Waals surface area contributed by atoms with Crippen molar-refractivity contribution in [2.75, 3.05) is 11.5 Å². The van der Waals surface area contributed by atoms with Crippen molar-refractivity contribution in [1.29, 1.82) is 0 Å². The van der Waals surface area contributed by atoms with Gasteiger partial charge in [-0.15, -0.1) is 0 Å². The molecule has 1 aliphatic heterocycles. The summed E-state index contributed by atoms with van der Waals surface area (Å²) in [5, 5.41) is 5.32. The molecule has 0 radical (unpaired) electrons. The highest BCUT2D eigenvalue weighted by Crippen LogP contribution is 2.19. The average molecular weight is 340 g/mol. The van der Waals surface area contributed by atoms with E-state index in [-0.39, 0.29) is 17.5 Å². The zero-order valence-corrected chi connectivity index (χ0v) is 14.5. The van der Waals surface area contributed by atoms with E-state index in [1.807, 2.05) is 24.3 Å². The maximum absolute atomic E-state index is 11.9. The van der Waals surface area contributed by atoms with Crippen molar-refractivity contribution in [3.63, 3.8) is 0 Å². The van der Waals surface area contributed by atoms with Crippen molar-refractivity contribution < 1.29 is 17.9 Å². The van der Waals surface area contributed by atoms with Crippen molar-refractivity contribution in [2.24, 2.45) is 0 Å². The van der Waals surface area contributed by atoms with Gasteiger partial charge in [0.2, 0.25) is 0 Å². The lowest BCUT2D eigenvalue weighted by Gasteiger charge is -2.18. The number of ether oxygens (including phenoxy) is 1. The van der Waals surface area contributed by atoms with Crippen molar-refractivity contribution in [3.05, 3.63) is 29.8 Å². The summed E-state index contributed by atoms with van der Waals surface area (Å²) < 4.78 is 28.4. The van der Waals surface area contributed by atoms with Gasteiger partial charge in [-0.3, -0.25) is 0 Å². The number of hydrogen-bond acceptors (Lipinski definition) is 4. The van der Waals surface area contributed by atoms with Crippen LogP contribution in [0.15, 0.2) is 24.3 Å². The molecular formula is C16H24N2O4S. The second-order valence-corrected chi connectivity index (χ2v) is 8.43. The van der Waals surface area contributed by atoms with E-state index in [0.717, 1.165) is 0 Å². The second kappa shape index (κ2) is 7.21. The van der Waals surface area contributed by atoms with Gasteiger partial charge in [-0.25, -0.2) is 13.2 Å². The van der Waals surface area contributed by atoms with Gasteiger partial charge in [0.15, 0.2) is 16.1 Å². The summed E-state index contributed by atoms with van der Waals surface area (Å²) in [6, 6.07) is 6.99. The summed E-state index contributed by atoms with van der Waals surface area (Å²) in [5.41, 5.74) is 1.22. The molecule has 1 fully saturated rings. The second-order valence-electron chi connectivity index (χ2n) is 6.20. The molecule has 1 aromatic carbocycles. The van der Waals surface area contributed by atoms with Crippen molar-refractivity contribution in [2.45, 2.75) is 45.4 Å². The first-order chi connectivity index (χ1) is 10.7. The van der Waals surface area contributed by atoms with Crippen LogP contribution in [-0.4, -0.2) is 38.2 Å². The van der Waals surface area contributed by atoms with Gasteiger partial charge in [0, 0.05) is 6.04 Å². The molecule has 0 saturated carbocycles. The van der Waals surface area contributed by atoms with Crippen LogP contribution in [0.5, 0.6) is 5.75 Å². The Kier molecular flexibility index (Phi) is 5.51. The average Bonchev–Trinajstić information content (AvgIpc) is 2.77. The number of nitrogens with one attached hydrogen (secondary N) is 2. The van der Waals surface area contributed by atoms with Gasteiger partial charge in [-0.2, -0.15) is 0 Å². The summed E-state index contributed by atoms with van der Waals surface area (Å²) >= 11 is 0. The molecule has 2 N–H and O–H groups in total. The van der Waals surface area contributed by atoms with Crippen LogP contribution in [0.2, 0.25) is 0 Å². The smallest absolute Gasteiger partial charge is 0.317 e. The van der Waals surface area contributed by atoms with E-state index in [2.05, 4.69) is 24.5 Å². The fourth-order valence-corrected chi connectivity index (χ4v) is 4.16. The summed E-state index contributed by atoms with van der Waals surface area (Å²) in [7, 11) is -3.00. The number of amides is 2. The number of hydrogen-bond donors (Lipinski definition) is 2. The molecule has 1 aliphatic rings. The largest absolute Gasteiger partial charge is 0.471 e. The van der Waals surface area contributed by atoms with E-state index in [1.165, 1.54) is 5.56 Å². The molecule has 2 unspecified atom stereocenters. The minimum atomic E-state index is -3.00. The lowest BCUT2D eigenvalue weighted by molar-refractivity contribution is 0.175. The molecular weight excluding hydrogens is 316 g/mol. The molecule has 6 nitrogen and oxygen atoms in total. The Balaban J connectivity index is 1.80. The van der Waals surface area contributed by atoms with Crippen LogP contribution < -0.4 is 15.4 Å². The Morgan fingerprint density at radius 2 is 1.87 bits per heavy atom. The number of sulfone groups is 1. The topological polar surface area (TPSA) is 84.5 Å². The highest BCUT2D eigenvalue weighted by molar-refractivity contribution is 7.91. The van der Waals surface area contributed by atoms with Crippen LogP contribution in [0, 0.1) is 0 Å². The number of carbonyl (C=O) groups is 1. The fraction of sp³-hybridized carbons (Fsp3) is 0.562. The lowest BCUT2D eigenvalue weighted by atomic mass is 10.0. The van der Waals surface area contributed by atoms with Crippen molar-refractivity contribution in [1.82, 2.24) is 10.6 Å². The molecule has 1 heterocycles. The fourth-order valence-electron chi connectivity index (χ4n) is 2.49. The van der Waals surface area contributed by atoms with E-state index >= 15 is 0 Å². The Morgan fingerprint density at radius 1 is 1.22 bits per heavy atom. The van der Waals surface area contributed by atoms with Crippen LogP contribution in [0.25, 0.3) is 0 Å². The third-order valence-electron chi connectivity index (χ3n) is 3.76. The molecule has 2 rings (SSSR count). The Hall–Kier alpha value is -1.76. The van der Waals surface area contributed by atoms with Crippen LogP contribution >= 0.6 is 0 Å². The molecule has 128 valence electrons. The number of carbonyl (C=O) groups excluding carboxylic acids is 1. The predicted octanol–water partition coefficient (Wildman–Crippen LogP) is 2.02. The molecule has 1 aromatic rings. The predicted molar refractivity (Wildman–Crippen MR) is 89.3 cm³/mol. The highest BCUT2D eigenvalue weighted by atomic mass is 32.2. The monoisotopic (exact) mass is 340 g/mol. The zero-order valence-electron chi connectivity index (χ0n) is 13.7. The summed E-state index contributed by atoms with van der Waals surface area (Å²) in [6.07, 6.45) is -0.0558. The SMILES string of the molecule is CC(NC(=O)NC1CCS(=O)(=O)C1)Oc1ccc(C(C)C)cc1. The molecule has 0 bridgehead atoms. The molecule has 1 saturated heterocycles. The molecule has 0 spiro atoms. The normalized spacial score (nSPS) is 21.0.